The van der Waals surface area contributed by atoms with Gasteiger partial charge < -0.3 is 0 Å². The number of nitrogens with one attached hydrogen (secondary N) is 1. The number of aryl methyl sites for hydroxylation is 1. The Labute approximate surface area is 111 Å². The van der Waals surface area contributed by atoms with Crippen molar-refractivity contribution in [2.75, 3.05) is 0 Å². The monoisotopic (exact) mass is 314 g/mol. The van der Waals surface area contributed by atoms with Crippen LogP contribution in [0.5, 0.6) is 0 Å². The first-order chi connectivity index (χ1) is 8.13. The van der Waals surface area contributed by atoms with Gasteiger partial charge in [0, 0.05) is 12.7 Å². The summed E-state index contributed by atoms with van der Waals surface area (Å²) in [5.41, 5.74) is 0.905. The molecule has 0 radical (unpaired) electrons. The van der Waals surface area contributed by atoms with E-state index in [1.807, 2.05) is 19.9 Å². The number of hydrogen-bond acceptors (Lipinski definition) is 4. The topological polar surface area (TPSA) is 63.6 Å². The fourth-order valence-corrected chi connectivity index (χ4v) is 2.76. The molecule has 17 heavy (non-hydrogen) atoms. The van der Waals surface area contributed by atoms with Crippen molar-refractivity contribution < 1.29 is 0 Å². The van der Waals surface area contributed by atoms with Crippen LogP contribution in [0.1, 0.15) is 12.5 Å². The van der Waals surface area contributed by atoms with E-state index in [2.05, 4.69) is 31.1 Å². The molecule has 90 valence electrons. The quantitative estimate of drug-likeness (QED) is 0.943. The summed E-state index contributed by atoms with van der Waals surface area (Å²) in [5.74, 6) is 0. The summed E-state index contributed by atoms with van der Waals surface area (Å²) in [6.07, 6.45) is 1.74. The summed E-state index contributed by atoms with van der Waals surface area (Å²) in [4.78, 5) is 15.7. The molecule has 0 unspecified atom stereocenters. The molecule has 7 heteroatoms. The molecular formula is C10H11BrN4OS. The Hall–Kier alpha value is -1.08. The third-order valence-corrected chi connectivity index (χ3v) is 4.54. The van der Waals surface area contributed by atoms with E-state index >= 15 is 0 Å². The highest BCUT2D eigenvalue weighted by Gasteiger charge is 2.12. The molecule has 0 aromatic carbocycles. The van der Waals surface area contributed by atoms with Crippen LogP contribution in [0.3, 0.4) is 0 Å². The van der Waals surface area contributed by atoms with Crippen molar-refractivity contribution in [2.24, 2.45) is 0 Å². The van der Waals surface area contributed by atoms with Gasteiger partial charge in [-0.05, 0) is 53.2 Å². The second-order valence-electron chi connectivity index (χ2n) is 3.40. The Morgan fingerprint density at radius 1 is 1.59 bits per heavy atom. The molecule has 0 bridgehead atoms. The van der Waals surface area contributed by atoms with Crippen molar-refractivity contribution in [3.63, 3.8) is 0 Å². The predicted octanol–water partition coefficient (Wildman–Crippen LogP) is 2.21. The molecule has 5 nitrogen and oxygen atoms in total. The average molecular weight is 315 g/mol. The molecule has 0 fully saturated rings. The lowest BCUT2D eigenvalue weighted by Gasteiger charge is -2.05. The number of pyridine rings is 1. The smallest absolute Gasteiger partial charge is 0.270 e. The molecule has 0 spiro atoms. The van der Waals surface area contributed by atoms with Gasteiger partial charge in [0.05, 0.1) is 4.47 Å². The van der Waals surface area contributed by atoms with Gasteiger partial charge in [0.1, 0.15) is 5.03 Å². The maximum absolute atomic E-state index is 11.4. The zero-order valence-corrected chi connectivity index (χ0v) is 11.8. The number of rotatable bonds is 3. The lowest BCUT2D eigenvalue weighted by Crippen LogP contribution is -2.16. The van der Waals surface area contributed by atoms with Gasteiger partial charge in [-0.1, -0.05) is 0 Å². The number of H-pyrrole nitrogens is 1. The van der Waals surface area contributed by atoms with Crippen molar-refractivity contribution in [1.29, 1.82) is 0 Å². The standard InChI is InChI=1S/C10H11BrN4OS/c1-3-15-9(16)13-14-10(15)17-8-7(11)6(2)4-5-12-8/h4-5H,3H2,1-2H3,(H,13,16). The minimum Gasteiger partial charge on any atom is -0.270 e. The Morgan fingerprint density at radius 3 is 3.06 bits per heavy atom. The lowest BCUT2D eigenvalue weighted by molar-refractivity contribution is 0.660. The molecule has 0 aliphatic rings. The van der Waals surface area contributed by atoms with Gasteiger partial charge in [-0.3, -0.25) is 4.57 Å². The number of halogens is 1. The third-order valence-electron chi connectivity index (χ3n) is 2.28. The molecule has 0 aliphatic heterocycles. The van der Waals surface area contributed by atoms with E-state index in [0.717, 1.165) is 15.1 Å². The third kappa shape index (κ3) is 2.44. The van der Waals surface area contributed by atoms with Gasteiger partial charge in [-0.25, -0.2) is 14.9 Å². The largest absolute Gasteiger partial charge is 0.343 e. The highest BCUT2D eigenvalue weighted by molar-refractivity contribution is 9.10. The van der Waals surface area contributed by atoms with Gasteiger partial charge in [-0.15, -0.1) is 5.10 Å². The number of hydrogen-bond donors (Lipinski definition) is 1. The Bertz CT molecular complexity index is 592. The molecular weight excluding hydrogens is 304 g/mol. The SMILES string of the molecule is CCn1c(Sc2nccc(C)c2Br)n[nH]c1=O. The van der Waals surface area contributed by atoms with Gasteiger partial charge >= 0.3 is 5.69 Å². The Kier molecular flexibility index (Phi) is 3.68. The summed E-state index contributed by atoms with van der Waals surface area (Å²) in [7, 11) is 0. The second kappa shape index (κ2) is 5.05. The van der Waals surface area contributed by atoms with Gasteiger partial charge in [0.25, 0.3) is 0 Å². The van der Waals surface area contributed by atoms with Crippen LogP contribution in [0.15, 0.2) is 31.7 Å². The van der Waals surface area contributed by atoms with Crippen molar-refractivity contribution in [2.45, 2.75) is 30.6 Å². The van der Waals surface area contributed by atoms with Crippen LogP contribution in [-0.2, 0) is 6.54 Å². The first-order valence-corrected chi connectivity index (χ1v) is 6.68. The summed E-state index contributed by atoms with van der Waals surface area (Å²) >= 11 is 4.85. The van der Waals surface area contributed by atoms with E-state index in [1.54, 1.807) is 10.8 Å². The van der Waals surface area contributed by atoms with E-state index in [1.165, 1.54) is 11.8 Å². The van der Waals surface area contributed by atoms with Crippen molar-refractivity contribution in [3.8, 4) is 0 Å². The van der Waals surface area contributed by atoms with E-state index in [9.17, 15) is 4.79 Å². The maximum Gasteiger partial charge on any atom is 0.343 e. The molecule has 0 saturated heterocycles. The molecule has 2 aromatic heterocycles. The van der Waals surface area contributed by atoms with Gasteiger partial charge in [0.15, 0.2) is 5.16 Å². The fraction of sp³-hybridized carbons (Fsp3) is 0.300. The Morgan fingerprint density at radius 2 is 2.35 bits per heavy atom. The number of aromatic amines is 1. The molecule has 0 atom stereocenters. The van der Waals surface area contributed by atoms with Crippen LogP contribution >= 0.6 is 27.7 Å². The van der Waals surface area contributed by atoms with Crippen molar-refractivity contribution >= 4 is 27.7 Å². The molecule has 1 N–H and O–H groups in total. The number of aromatic nitrogens is 4. The fourth-order valence-electron chi connectivity index (χ4n) is 1.33. The zero-order valence-electron chi connectivity index (χ0n) is 9.40. The molecule has 0 saturated carbocycles. The molecule has 0 aliphatic carbocycles. The van der Waals surface area contributed by atoms with E-state index in [-0.39, 0.29) is 5.69 Å². The van der Waals surface area contributed by atoms with Crippen molar-refractivity contribution in [1.82, 2.24) is 19.7 Å². The van der Waals surface area contributed by atoms with Crippen molar-refractivity contribution in [3.05, 3.63) is 32.8 Å². The molecule has 2 heterocycles. The molecule has 2 rings (SSSR count). The first kappa shape index (κ1) is 12.4. The van der Waals surface area contributed by atoms with Crippen LogP contribution in [0.4, 0.5) is 0 Å². The lowest BCUT2D eigenvalue weighted by atomic mass is 10.3. The minimum atomic E-state index is -0.196. The Balaban J connectivity index is 2.38. The highest BCUT2D eigenvalue weighted by Crippen LogP contribution is 2.31. The van der Waals surface area contributed by atoms with Crippen LogP contribution in [0.25, 0.3) is 0 Å². The normalized spacial score (nSPS) is 10.8. The van der Waals surface area contributed by atoms with Crippen LogP contribution < -0.4 is 5.69 Å². The zero-order chi connectivity index (χ0) is 12.4. The van der Waals surface area contributed by atoms with Gasteiger partial charge in [-0.2, -0.15) is 0 Å². The summed E-state index contributed by atoms with van der Waals surface area (Å²) in [6, 6.07) is 1.92. The van der Waals surface area contributed by atoms with Crippen LogP contribution in [0, 0.1) is 6.92 Å². The molecule has 2 aromatic rings. The minimum absolute atomic E-state index is 0.196. The van der Waals surface area contributed by atoms with Gasteiger partial charge in [0.2, 0.25) is 0 Å². The second-order valence-corrected chi connectivity index (χ2v) is 5.15. The van der Waals surface area contributed by atoms with Crippen LogP contribution in [-0.4, -0.2) is 19.7 Å². The van der Waals surface area contributed by atoms with E-state index in [0.29, 0.717) is 11.7 Å². The number of nitrogens with zero attached hydrogens (tertiary/aromatic N) is 3. The van der Waals surface area contributed by atoms with E-state index in [4.69, 9.17) is 0 Å². The maximum atomic E-state index is 11.4. The average Bonchev–Trinajstić information content (AvgIpc) is 2.66. The highest BCUT2D eigenvalue weighted by atomic mass is 79.9. The van der Waals surface area contributed by atoms with Crippen LogP contribution in [0.2, 0.25) is 0 Å². The first-order valence-electron chi connectivity index (χ1n) is 5.07. The summed E-state index contributed by atoms with van der Waals surface area (Å²) in [6.45, 7) is 4.48. The summed E-state index contributed by atoms with van der Waals surface area (Å²) < 4.78 is 2.50. The molecule has 0 amide bonds. The van der Waals surface area contributed by atoms with E-state index < -0.39 is 0 Å². The predicted molar refractivity (Wildman–Crippen MR) is 69.3 cm³/mol. The summed E-state index contributed by atoms with van der Waals surface area (Å²) in [5, 5.41) is 7.84.